The zero-order chi connectivity index (χ0) is 37.3. The lowest BCUT2D eigenvalue weighted by Crippen LogP contribution is -2.74. The normalized spacial score (nSPS) is 13.6. The third-order valence-electron chi connectivity index (χ3n) is 11.4. The largest absolute Gasteiger partial charge is 0.677 e. The van der Waals surface area contributed by atoms with Crippen LogP contribution in [-0.2, 0) is 0 Å². The quantitative estimate of drug-likeness (QED) is 0.154. The maximum Gasteiger partial charge on any atom is 0.677 e. The third-order valence-corrected chi connectivity index (χ3v) is 11.4. The summed E-state index contributed by atoms with van der Waals surface area (Å²) < 4.78 is 16.0. The summed E-state index contributed by atoms with van der Waals surface area (Å²) in [5.41, 5.74) is 12.9. The smallest absolute Gasteiger partial charge is 0.457 e. The molecule has 2 aliphatic heterocycles. The second-order valence-corrected chi connectivity index (χ2v) is 16.1. The van der Waals surface area contributed by atoms with E-state index in [1.54, 1.807) is 0 Å². The van der Waals surface area contributed by atoms with Gasteiger partial charge in [0, 0.05) is 49.3 Å². The summed E-state index contributed by atoms with van der Waals surface area (Å²) in [5.74, 6) is 3.25. The maximum absolute atomic E-state index is 6.71. The van der Waals surface area contributed by atoms with Crippen molar-refractivity contribution in [3.05, 3.63) is 132 Å². The molecule has 7 nitrogen and oxygen atoms in total. The first-order valence-corrected chi connectivity index (χ1v) is 19.3. The molecule has 0 fully saturated rings. The fraction of sp³-hybridized carbons (Fsp3) is 0.318. The van der Waals surface area contributed by atoms with Crippen LogP contribution in [0.5, 0.6) is 11.5 Å². The highest BCUT2D eigenvalue weighted by molar-refractivity contribution is 6.71. The first-order valence-electron chi connectivity index (χ1n) is 19.3. The molecule has 53 heavy (non-hydrogen) atoms. The van der Waals surface area contributed by atoms with Crippen LogP contribution < -0.4 is 34.5 Å². The minimum Gasteiger partial charge on any atom is -0.457 e. The maximum atomic E-state index is 6.71. The Hall–Kier alpha value is -5.17. The van der Waals surface area contributed by atoms with Gasteiger partial charge in [-0.25, -0.2) is 0 Å². The molecule has 0 saturated heterocycles. The van der Waals surface area contributed by atoms with Gasteiger partial charge in [-0.05, 0) is 70.2 Å². The number of anilines is 2. The Labute approximate surface area is 316 Å². The van der Waals surface area contributed by atoms with Gasteiger partial charge in [0.15, 0.2) is 12.4 Å². The van der Waals surface area contributed by atoms with Gasteiger partial charge in [-0.15, -0.1) is 9.36 Å². The molecule has 0 spiro atoms. The Kier molecular flexibility index (Phi) is 8.79. The fourth-order valence-corrected chi connectivity index (χ4v) is 8.84. The molecule has 0 amide bonds. The average Bonchev–Trinajstić information content (AvgIpc) is 3.82. The van der Waals surface area contributed by atoms with Gasteiger partial charge in [-0.2, -0.15) is 9.19 Å². The lowest BCUT2D eigenvalue weighted by atomic mass is 9.59. The van der Waals surface area contributed by atoms with Crippen molar-refractivity contribution in [2.75, 3.05) is 23.7 Å². The monoisotopic (exact) mass is 702 g/mol. The summed E-state index contributed by atoms with van der Waals surface area (Å²) in [5, 5.41) is 0. The highest BCUT2D eigenvalue weighted by atomic mass is 16.5. The van der Waals surface area contributed by atoms with Crippen molar-refractivity contribution in [1.82, 2.24) is 9.36 Å². The Morgan fingerprint density at radius 1 is 0.472 bits per heavy atom. The Balaban J connectivity index is 1.15. The highest BCUT2D eigenvalue weighted by Gasteiger charge is 2.50. The molecule has 4 heterocycles. The minimum atomic E-state index is 0.0270. The Bertz CT molecular complexity index is 2110. The molecule has 0 saturated carbocycles. The molecule has 8 rings (SSSR count). The molecule has 4 aromatic carbocycles. The number of ether oxygens (including phenoxy) is 1. The lowest BCUT2D eigenvalue weighted by molar-refractivity contribution is -0.621. The molecule has 268 valence electrons. The molecule has 0 aliphatic carbocycles. The zero-order valence-electron chi connectivity index (χ0n) is 32.9. The van der Waals surface area contributed by atoms with E-state index in [4.69, 9.17) is 4.74 Å². The van der Waals surface area contributed by atoms with Crippen LogP contribution in [0.2, 0.25) is 0 Å². The summed E-state index contributed by atoms with van der Waals surface area (Å²) in [7, 11) is 4.44. The summed E-state index contributed by atoms with van der Waals surface area (Å²) >= 11 is 0. The van der Waals surface area contributed by atoms with Crippen LogP contribution in [0.4, 0.5) is 11.4 Å². The first-order chi connectivity index (χ1) is 25.5. The summed E-state index contributed by atoms with van der Waals surface area (Å²) in [6.07, 6.45) is 8.71. The van der Waals surface area contributed by atoms with Crippen LogP contribution in [0.3, 0.4) is 0 Å². The Morgan fingerprint density at radius 3 is 1.17 bits per heavy atom. The molecule has 0 unspecified atom stereocenters. The van der Waals surface area contributed by atoms with Crippen molar-refractivity contribution in [3.63, 3.8) is 0 Å². The van der Waals surface area contributed by atoms with Crippen molar-refractivity contribution in [2.45, 2.75) is 79.1 Å². The zero-order valence-corrected chi connectivity index (χ0v) is 32.9. The van der Waals surface area contributed by atoms with E-state index in [1.807, 2.05) is 0 Å². The van der Waals surface area contributed by atoms with E-state index in [-0.39, 0.29) is 14.0 Å². The van der Waals surface area contributed by atoms with Crippen molar-refractivity contribution in [1.29, 1.82) is 0 Å². The predicted molar refractivity (Wildman–Crippen MR) is 220 cm³/mol. The number of hydrogen-bond donors (Lipinski definition) is 0. The molecule has 2 aliphatic rings. The molecular formula is C44H52B2N6O+2. The second-order valence-electron chi connectivity index (χ2n) is 16.1. The average molecular weight is 703 g/mol. The number of hydrogen-bond acceptors (Lipinski definition) is 3. The predicted octanol–water partition coefficient (Wildman–Crippen LogP) is 7.52. The van der Waals surface area contributed by atoms with E-state index in [2.05, 4.69) is 207 Å². The minimum absolute atomic E-state index is 0.0270. The van der Waals surface area contributed by atoms with Gasteiger partial charge in [0.25, 0.3) is 0 Å². The molecule has 2 aromatic heterocycles. The van der Waals surface area contributed by atoms with Gasteiger partial charge < -0.3 is 14.4 Å². The molecule has 0 N–H and O–H groups in total. The number of nitrogens with zero attached hydrogens (tertiary/aromatic N) is 6. The van der Waals surface area contributed by atoms with Gasteiger partial charge in [-0.3, -0.25) is 0 Å². The summed E-state index contributed by atoms with van der Waals surface area (Å²) in [6.45, 7) is 18.5. The molecular weight excluding hydrogens is 650 g/mol. The van der Waals surface area contributed by atoms with E-state index in [9.17, 15) is 0 Å². The molecule has 0 atom stereocenters. The second kappa shape index (κ2) is 13.4. The SMILES string of the molecule is CC(C)c1cccc(C(C)C)c1B1N(C)c2ccc(Oc3ccc4c(c3)-n3ccc[n+]3B(c3c(C(C)C)cccc3C(C)C)N4C)cc2-n2ccc[n+]21. The van der Waals surface area contributed by atoms with Gasteiger partial charge >= 0.3 is 14.0 Å². The molecule has 9 heteroatoms. The van der Waals surface area contributed by atoms with Crippen molar-refractivity contribution in [2.24, 2.45) is 0 Å². The van der Waals surface area contributed by atoms with E-state index in [1.165, 1.54) is 44.6 Å². The van der Waals surface area contributed by atoms with Crippen LogP contribution in [0, 0.1) is 0 Å². The molecule has 6 aromatic rings. The van der Waals surface area contributed by atoms with E-state index in [0.717, 1.165) is 22.9 Å². The van der Waals surface area contributed by atoms with Crippen LogP contribution in [0.1, 0.15) is 101 Å². The number of aromatic nitrogens is 4. The van der Waals surface area contributed by atoms with E-state index >= 15 is 0 Å². The standard InChI is InChI=1S/C44H52B2N6O/c1-29(2)35-15-11-16-36(30(3)4)43(35)45-47(9)39-21-19-33(27-41(39)49-23-13-25-51(45)49)53-34-20-22-40-42(28-34)50-24-14-26-52(50)46(48(40)10)44-37(31(5)6)17-12-18-38(44)32(7)8/h11-32H,1-10H3/q+2. The number of rotatable bonds is 8. The lowest BCUT2D eigenvalue weighted by Gasteiger charge is -2.32. The van der Waals surface area contributed by atoms with Crippen LogP contribution in [0.25, 0.3) is 11.4 Å². The summed E-state index contributed by atoms with van der Waals surface area (Å²) in [6, 6.07) is 30.9. The van der Waals surface area contributed by atoms with Gasteiger partial charge in [0.1, 0.15) is 22.9 Å². The molecule has 0 radical (unpaired) electrons. The Morgan fingerprint density at radius 2 is 0.830 bits per heavy atom. The highest BCUT2D eigenvalue weighted by Crippen LogP contribution is 2.36. The summed E-state index contributed by atoms with van der Waals surface area (Å²) in [4.78, 5) is 4.84. The van der Waals surface area contributed by atoms with Crippen LogP contribution in [0.15, 0.2) is 110 Å². The topological polar surface area (TPSA) is 33.3 Å². The van der Waals surface area contributed by atoms with Crippen LogP contribution >= 0.6 is 0 Å². The van der Waals surface area contributed by atoms with Gasteiger partial charge in [-0.1, -0.05) is 91.8 Å². The number of fused-ring (bicyclic) bond motifs is 6. The number of benzene rings is 4. The molecule has 0 bridgehead atoms. The fourth-order valence-electron chi connectivity index (χ4n) is 8.84. The van der Waals surface area contributed by atoms with E-state index in [0.29, 0.717) is 23.7 Å². The third kappa shape index (κ3) is 5.67. The van der Waals surface area contributed by atoms with Crippen molar-refractivity contribution in [3.8, 4) is 22.9 Å². The van der Waals surface area contributed by atoms with Crippen molar-refractivity contribution < 1.29 is 13.9 Å². The van der Waals surface area contributed by atoms with Gasteiger partial charge in [0.2, 0.25) is 0 Å². The van der Waals surface area contributed by atoms with Crippen LogP contribution in [-0.4, -0.2) is 37.4 Å². The van der Waals surface area contributed by atoms with Gasteiger partial charge in [0.05, 0.1) is 23.8 Å². The first kappa shape index (κ1) is 34.9. The van der Waals surface area contributed by atoms with E-state index < -0.39 is 0 Å². The van der Waals surface area contributed by atoms with Crippen molar-refractivity contribution >= 4 is 36.3 Å².